The molecule has 0 aliphatic rings. The van der Waals surface area contributed by atoms with Gasteiger partial charge >= 0.3 is 12.1 Å². The van der Waals surface area contributed by atoms with E-state index in [1.807, 2.05) is 0 Å². The summed E-state index contributed by atoms with van der Waals surface area (Å²) in [6, 6.07) is 11.0. The molecule has 0 unspecified atom stereocenters. The molecule has 0 aliphatic carbocycles. The Hall–Kier alpha value is -3.43. The zero-order valence-electron chi connectivity index (χ0n) is 14.7. The lowest BCUT2D eigenvalue weighted by molar-refractivity contribution is -0.384. The summed E-state index contributed by atoms with van der Waals surface area (Å²) < 4.78 is 37.8. The fraction of sp³-hybridized carbons (Fsp3) is 0.222. The fourth-order valence-corrected chi connectivity index (χ4v) is 2.41. The molecule has 0 spiro atoms. The van der Waals surface area contributed by atoms with Gasteiger partial charge in [-0.15, -0.1) is 0 Å². The smallest absolute Gasteiger partial charge is 0.331 e. The number of halogens is 3. The largest absolute Gasteiger partial charge is 0.471 e. The minimum absolute atomic E-state index is 0.127. The summed E-state index contributed by atoms with van der Waals surface area (Å²) >= 11 is 0. The molecule has 2 aromatic rings. The van der Waals surface area contributed by atoms with Crippen LogP contribution in [0.15, 0.2) is 48.5 Å². The number of hydrogen-bond acceptors (Lipinski definition) is 4. The number of amides is 2. The topological polar surface area (TPSA) is 92.6 Å². The zero-order valence-corrected chi connectivity index (χ0v) is 14.7. The molecule has 0 radical (unpaired) electrons. The molecular weight excluding hydrogens is 379 g/mol. The van der Waals surface area contributed by atoms with Crippen molar-refractivity contribution in [3.05, 3.63) is 69.8 Å². The van der Waals surface area contributed by atoms with Gasteiger partial charge in [0.05, 0.1) is 4.92 Å². The van der Waals surface area contributed by atoms with Gasteiger partial charge in [-0.3, -0.25) is 19.7 Å². The van der Waals surface area contributed by atoms with E-state index in [-0.39, 0.29) is 24.3 Å². The normalized spacial score (nSPS) is 11.0. The predicted octanol–water partition coefficient (Wildman–Crippen LogP) is 3.76. The highest BCUT2D eigenvalue weighted by molar-refractivity contribution is 6.04. The Bertz CT molecular complexity index is 882. The van der Waals surface area contributed by atoms with Gasteiger partial charge in [0.15, 0.2) is 0 Å². The van der Waals surface area contributed by atoms with Crippen molar-refractivity contribution >= 4 is 23.2 Å². The molecule has 2 aromatic carbocycles. The second kappa shape index (κ2) is 8.51. The molecular formula is C18H16F3N3O4. The third-order valence-corrected chi connectivity index (χ3v) is 3.81. The Balaban J connectivity index is 2.11. The standard InChI is InChI=1S/C18H16F3N3O4/c1-2-23(17(26)18(19,20)21)11-12-4-3-5-14(10-12)22-16(25)13-6-8-15(9-7-13)24(27)28/h3-10H,2,11H2,1H3,(H,22,25). The second-order valence-corrected chi connectivity index (χ2v) is 5.78. The maximum absolute atomic E-state index is 12.6. The number of benzene rings is 2. The summed E-state index contributed by atoms with van der Waals surface area (Å²) in [6.45, 7) is 1.04. The number of carbonyl (C=O) groups excluding carboxylic acids is 2. The summed E-state index contributed by atoms with van der Waals surface area (Å²) in [5.41, 5.74) is 0.739. The molecule has 2 rings (SSSR count). The summed E-state index contributed by atoms with van der Waals surface area (Å²) in [6.07, 6.45) is -4.96. The highest BCUT2D eigenvalue weighted by Crippen LogP contribution is 2.21. The van der Waals surface area contributed by atoms with E-state index in [9.17, 15) is 32.9 Å². The number of hydrogen-bond donors (Lipinski definition) is 1. The Morgan fingerprint density at radius 1 is 1.14 bits per heavy atom. The quantitative estimate of drug-likeness (QED) is 0.595. The van der Waals surface area contributed by atoms with E-state index in [2.05, 4.69) is 5.32 Å². The molecule has 0 atom stereocenters. The molecule has 7 nitrogen and oxygen atoms in total. The zero-order chi connectivity index (χ0) is 20.9. The number of nitro groups is 1. The first-order valence-electron chi connectivity index (χ1n) is 8.12. The van der Waals surface area contributed by atoms with Crippen molar-refractivity contribution in [2.24, 2.45) is 0 Å². The third-order valence-electron chi connectivity index (χ3n) is 3.81. The number of anilines is 1. The first-order valence-corrected chi connectivity index (χ1v) is 8.12. The number of nitrogens with zero attached hydrogens (tertiary/aromatic N) is 2. The van der Waals surface area contributed by atoms with Crippen LogP contribution in [0.5, 0.6) is 0 Å². The summed E-state index contributed by atoms with van der Waals surface area (Å²) in [5.74, 6) is -2.47. The van der Waals surface area contributed by atoms with Gasteiger partial charge in [-0.25, -0.2) is 0 Å². The van der Waals surface area contributed by atoms with Gasteiger partial charge in [-0.2, -0.15) is 13.2 Å². The van der Waals surface area contributed by atoms with Gasteiger partial charge in [-0.1, -0.05) is 12.1 Å². The van der Waals surface area contributed by atoms with Crippen molar-refractivity contribution in [3.8, 4) is 0 Å². The molecule has 0 bridgehead atoms. The van der Waals surface area contributed by atoms with Gasteiger partial charge in [-0.05, 0) is 36.8 Å². The lowest BCUT2D eigenvalue weighted by Gasteiger charge is -2.22. The van der Waals surface area contributed by atoms with Crippen molar-refractivity contribution < 1.29 is 27.7 Å². The van der Waals surface area contributed by atoms with Gasteiger partial charge in [0.25, 0.3) is 11.6 Å². The van der Waals surface area contributed by atoms with E-state index < -0.39 is 22.9 Å². The van der Waals surface area contributed by atoms with Crippen LogP contribution >= 0.6 is 0 Å². The number of non-ortho nitro benzene ring substituents is 1. The van der Waals surface area contributed by atoms with Gasteiger partial charge in [0, 0.05) is 36.5 Å². The Morgan fingerprint density at radius 2 is 1.79 bits per heavy atom. The van der Waals surface area contributed by atoms with Crippen LogP contribution in [0.2, 0.25) is 0 Å². The molecule has 0 saturated carbocycles. The average molecular weight is 395 g/mol. The lowest BCUT2D eigenvalue weighted by atomic mass is 10.1. The first-order chi connectivity index (χ1) is 13.1. The minimum atomic E-state index is -4.96. The van der Waals surface area contributed by atoms with Crippen LogP contribution < -0.4 is 5.32 Å². The van der Waals surface area contributed by atoms with Crippen molar-refractivity contribution in [2.75, 3.05) is 11.9 Å². The van der Waals surface area contributed by atoms with Crippen LogP contribution in [0.3, 0.4) is 0 Å². The van der Waals surface area contributed by atoms with E-state index in [1.54, 1.807) is 0 Å². The molecule has 148 valence electrons. The summed E-state index contributed by atoms with van der Waals surface area (Å²) in [5, 5.41) is 13.2. The highest BCUT2D eigenvalue weighted by Gasteiger charge is 2.41. The maximum atomic E-state index is 12.6. The number of nitro benzene ring substituents is 1. The van der Waals surface area contributed by atoms with Crippen LogP contribution in [0.1, 0.15) is 22.8 Å². The van der Waals surface area contributed by atoms with Crippen LogP contribution in [-0.4, -0.2) is 34.4 Å². The minimum Gasteiger partial charge on any atom is -0.331 e. The fourth-order valence-electron chi connectivity index (χ4n) is 2.41. The van der Waals surface area contributed by atoms with Crippen LogP contribution in [0, 0.1) is 10.1 Å². The van der Waals surface area contributed by atoms with Crippen molar-refractivity contribution in [2.45, 2.75) is 19.6 Å². The Kier molecular flexibility index (Phi) is 6.34. The molecule has 10 heteroatoms. The van der Waals surface area contributed by atoms with Crippen LogP contribution in [0.4, 0.5) is 24.5 Å². The van der Waals surface area contributed by atoms with E-state index in [1.165, 1.54) is 55.5 Å². The maximum Gasteiger partial charge on any atom is 0.471 e. The number of alkyl halides is 3. The predicted molar refractivity (Wildman–Crippen MR) is 94.6 cm³/mol. The monoisotopic (exact) mass is 395 g/mol. The molecule has 0 fully saturated rings. The number of carbonyl (C=O) groups is 2. The molecule has 2 amide bonds. The average Bonchev–Trinajstić information content (AvgIpc) is 2.65. The molecule has 0 aromatic heterocycles. The van der Waals surface area contributed by atoms with Crippen molar-refractivity contribution in [1.29, 1.82) is 0 Å². The third kappa shape index (κ3) is 5.29. The van der Waals surface area contributed by atoms with Gasteiger partial charge in [0.1, 0.15) is 0 Å². The van der Waals surface area contributed by atoms with E-state index in [0.29, 0.717) is 16.2 Å². The first kappa shape index (κ1) is 20.9. The Labute approximate surface area is 157 Å². The van der Waals surface area contributed by atoms with Crippen molar-refractivity contribution in [3.63, 3.8) is 0 Å². The molecule has 0 aliphatic heterocycles. The van der Waals surface area contributed by atoms with Gasteiger partial charge < -0.3 is 10.2 Å². The molecule has 28 heavy (non-hydrogen) atoms. The second-order valence-electron chi connectivity index (χ2n) is 5.78. The molecule has 1 N–H and O–H groups in total. The summed E-state index contributed by atoms with van der Waals surface area (Å²) in [4.78, 5) is 34.3. The molecule has 0 heterocycles. The van der Waals surface area contributed by atoms with Crippen LogP contribution in [-0.2, 0) is 11.3 Å². The van der Waals surface area contributed by atoms with Crippen LogP contribution in [0.25, 0.3) is 0 Å². The highest BCUT2D eigenvalue weighted by atomic mass is 19.4. The van der Waals surface area contributed by atoms with Gasteiger partial charge in [0.2, 0.25) is 0 Å². The Morgan fingerprint density at radius 3 is 2.32 bits per heavy atom. The van der Waals surface area contributed by atoms with Crippen molar-refractivity contribution in [1.82, 2.24) is 4.90 Å². The van der Waals surface area contributed by atoms with E-state index in [0.717, 1.165) is 0 Å². The van der Waals surface area contributed by atoms with E-state index >= 15 is 0 Å². The number of nitrogens with one attached hydrogen (secondary N) is 1. The summed E-state index contributed by atoms with van der Waals surface area (Å²) in [7, 11) is 0. The van der Waals surface area contributed by atoms with E-state index in [4.69, 9.17) is 0 Å². The SMILES string of the molecule is CCN(Cc1cccc(NC(=O)c2ccc([N+](=O)[O-])cc2)c1)C(=O)C(F)(F)F. The lowest BCUT2D eigenvalue weighted by Crippen LogP contribution is -2.40. The molecule has 0 saturated heterocycles. The number of rotatable bonds is 6.